The first-order valence-electron chi connectivity index (χ1n) is 4.75. The largest absolute Gasteiger partial charge is 0.344 e. The minimum atomic E-state index is 0.00686. The van der Waals surface area contributed by atoms with Gasteiger partial charge in [0, 0.05) is 0 Å². The minimum Gasteiger partial charge on any atom is -0.344 e. The van der Waals surface area contributed by atoms with E-state index >= 15 is 0 Å². The van der Waals surface area contributed by atoms with Crippen LogP contribution in [0.4, 0.5) is 0 Å². The SMILES string of the molecule is CC#CCNC(=O)[C@@H]1CCCCN1. The van der Waals surface area contributed by atoms with Gasteiger partial charge < -0.3 is 10.6 Å². The van der Waals surface area contributed by atoms with Gasteiger partial charge in [-0.25, -0.2) is 0 Å². The van der Waals surface area contributed by atoms with Crippen LogP contribution in [0.25, 0.3) is 0 Å². The molecular weight excluding hydrogens is 164 g/mol. The predicted octanol–water partition coefficient (Wildman–Crippen LogP) is 0.268. The molecule has 1 rings (SSSR count). The van der Waals surface area contributed by atoms with Crippen LogP contribution in [-0.2, 0) is 4.79 Å². The van der Waals surface area contributed by atoms with Crippen LogP contribution in [0.1, 0.15) is 26.2 Å². The van der Waals surface area contributed by atoms with E-state index in [1.807, 2.05) is 0 Å². The first-order chi connectivity index (χ1) is 6.34. The predicted molar refractivity (Wildman–Crippen MR) is 52.1 cm³/mol. The molecule has 0 aromatic heterocycles. The molecule has 1 saturated heterocycles. The monoisotopic (exact) mass is 180 g/mol. The number of hydrogen-bond acceptors (Lipinski definition) is 2. The van der Waals surface area contributed by atoms with E-state index in [1.165, 1.54) is 6.42 Å². The van der Waals surface area contributed by atoms with Crippen molar-refractivity contribution in [3.63, 3.8) is 0 Å². The molecule has 0 aromatic carbocycles. The second kappa shape index (κ2) is 5.60. The van der Waals surface area contributed by atoms with E-state index in [4.69, 9.17) is 0 Å². The Labute approximate surface area is 79.3 Å². The Balaban J connectivity index is 2.23. The van der Waals surface area contributed by atoms with Gasteiger partial charge in [0.05, 0.1) is 12.6 Å². The number of carbonyl (C=O) groups excluding carboxylic acids is 1. The van der Waals surface area contributed by atoms with Crippen molar-refractivity contribution in [3.05, 3.63) is 0 Å². The molecule has 72 valence electrons. The molecule has 1 aliphatic heterocycles. The summed E-state index contributed by atoms with van der Waals surface area (Å²) in [7, 11) is 0. The van der Waals surface area contributed by atoms with Crippen molar-refractivity contribution in [2.75, 3.05) is 13.1 Å². The number of piperidine rings is 1. The zero-order valence-electron chi connectivity index (χ0n) is 8.02. The lowest BCUT2D eigenvalue weighted by molar-refractivity contribution is -0.123. The number of carbonyl (C=O) groups is 1. The Bertz CT molecular complexity index is 221. The average molecular weight is 180 g/mol. The van der Waals surface area contributed by atoms with E-state index in [0.717, 1.165) is 19.4 Å². The fourth-order valence-corrected chi connectivity index (χ4v) is 1.42. The smallest absolute Gasteiger partial charge is 0.237 e. The van der Waals surface area contributed by atoms with Gasteiger partial charge in [-0.3, -0.25) is 4.79 Å². The number of rotatable bonds is 2. The topological polar surface area (TPSA) is 41.1 Å². The summed E-state index contributed by atoms with van der Waals surface area (Å²) in [5, 5.41) is 5.96. The van der Waals surface area contributed by atoms with Crippen molar-refractivity contribution < 1.29 is 4.79 Å². The molecule has 0 unspecified atom stereocenters. The van der Waals surface area contributed by atoms with Gasteiger partial charge in [-0.2, -0.15) is 0 Å². The summed E-state index contributed by atoms with van der Waals surface area (Å²) >= 11 is 0. The lowest BCUT2D eigenvalue weighted by Gasteiger charge is -2.21. The second-order valence-electron chi connectivity index (χ2n) is 3.15. The highest BCUT2D eigenvalue weighted by Crippen LogP contribution is 2.06. The molecule has 0 spiro atoms. The highest BCUT2D eigenvalue weighted by molar-refractivity contribution is 5.82. The molecule has 1 aliphatic rings. The van der Waals surface area contributed by atoms with Gasteiger partial charge in [0.25, 0.3) is 0 Å². The van der Waals surface area contributed by atoms with Gasteiger partial charge in [0.1, 0.15) is 0 Å². The molecule has 0 bridgehead atoms. The highest BCUT2D eigenvalue weighted by Gasteiger charge is 2.19. The maximum absolute atomic E-state index is 11.4. The third-order valence-electron chi connectivity index (χ3n) is 2.15. The maximum Gasteiger partial charge on any atom is 0.237 e. The van der Waals surface area contributed by atoms with Crippen LogP contribution in [0.3, 0.4) is 0 Å². The van der Waals surface area contributed by atoms with Gasteiger partial charge in [0.15, 0.2) is 0 Å². The maximum atomic E-state index is 11.4. The molecule has 1 amide bonds. The minimum absolute atomic E-state index is 0.00686. The van der Waals surface area contributed by atoms with Gasteiger partial charge in [-0.05, 0) is 26.3 Å². The second-order valence-corrected chi connectivity index (χ2v) is 3.15. The van der Waals surface area contributed by atoms with Crippen LogP contribution in [0, 0.1) is 11.8 Å². The normalized spacial score (nSPS) is 21.5. The summed E-state index contributed by atoms with van der Waals surface area (Å²) in [5.41, 5.74) is 0. The molecule has 1 heterocycles. The van der Waals surface area contributed by atoms with Crippen LogP contribution in [0.2, 0.25) is 0 Å². The first kappa shape index (κ1) is 10.1. The molecule has 1 atom stereocenters. The van der Waals surface area contributed by atoms with Gasteiger partial charge in [-0.15, -0.1) is 5.92 Å². The van der Waals surface area contributed by atoms with E-state index in [9.17, 15) is 4.79 Å². The van der Waals surface area contributed by atoms with Crippen molar-refractivity contribution in [3.8, 4) is 11.8 Å². The van der Waals surface area contributed by atoms with Crippen LogP contribution in [0.5, 0.6) is 0 Å². The van der Waals surface area contributed by atoms with E-state index in [1.54, 1.807) is 6.92 Å². The summed E-state index contributed by atoms with van der Waals surface area (Å²) < 4.78 is 0. The molecular formula is C10H16N2O. The Morgan fingerprint density at radius 2 is 2.46 bits per heavy atom. The van der Waals surface area contributed by atoms with Crippen LogP contribution < -0.4 is 10.6 Å². The summed E-state index contributed by atoms with van der Waals surface area (Å²) in [5.74, 6) is 5.63. The van der Waals surface area contributed by atoms with Crippen molar-refractivity contribution in [2.45, 2.75) is 32.2 Å². The van der Waals surface area contributed by atoms with E-state index in [2.05, 4.69) is 22.5 Å². The first-order valence-corrected chi connectivity index (χ1v) is 4.75. The van der Waals surface area contributed by atoms with Crippen LogP contribution in [0.15, 0.2) is 0 Å². The van der Waals surface area contributed by atoms with Crippen molar-refractivity contribution in [1.82, 2.24) is 10.6 Å². The molecule has 3 heteroatoms. The number of nitrogens with one attached hydrogen (secondary N) is 2. The molecule has 0 aliphatic carbocycles. The molecule has 0 radical (unpaired) electrons. The molecule has 13 heavy (non-hydrogen) atoms. The molecule has 3 nitrogen and oxygen atoms in total. The zero-order chi connectivity index (χ0) is 9.52. The van der Waals surface area contributed by atoms with Gasteiger partial charge in [0.2, 0.25) is 5.91 Å². The Morgan fingerprint density at radius 1 is 1.62 bits per heavy atom. The zero-order valence-corrected chi connectivity index (χ0v) is 8.02. The fourth-order valence-electron chi connectivity index (χ4n) is 1.42. The van der Waals surface area contributed by atoms with Crippen LogP contribution in [-0.4, -0.2) is 25.0 Å². The van der Waals surface area contributed by atoms with Gasteiger partial charge in [-0.1, -0.05) is 12.3 Å². The van der Waals surface area contributed by atoms with E-state index in [0.29, 0.717) is 6.54 Å². The lowest BCUT2D eigenvalue weighted by Crippen LogP contribution is -2.46. The van der Waals surface area contributed by atoms with Crippen molar-refractivity contribution >= 4 is 5.91 Å². The van der Waals surface area contributed by atoms with Crippen molar-refractivity contribution in [2.24, 2.45) is 0 Å². The van der Waals surface area contributed by atoms with Crippen molar-refractivity contribution in [1.29, 1.82) is 0 Å². The summed E-state index contributed by atoms with van der Waals surface area (Å²) in [6.07, 6.45) is 3.27. The Hall–Kier alpha value is -1.01. The highest BCUT2D eigenvalue weighted by atomic mass is 16.2. The quantitative estimate of drug-likeness (QED) is 0.599. The summed E-state index contributed by atoms with van der Waals surface area (Å²) in [6, 6.07) is 0.00686. The third kappa shape index (κ3) is 3.47. The average Bonchev–Trinajstić information content (AvgIpc) is 2.19. The molecule has 1 fully saturated rings. The molecule has 2 N–H and O–H groups in total. The third-order valence-corrected chi connectivity index (χ3v) is 2.15. The summed E-state index contributed by atoms with van der Waals surface area (Å²) in [4.78, 5) is 11.4. The lowest BCUT2D eigenvalue weighted by atomic mass is 10.0. The number of hydrogen-bond donors (Lipinski definition) is 2. The Kier molecular flexibility index (Phi) is 4.34. The van der Waals surface area contributed by atoms with E-state index < -0.39 is 0 Å². The number of amides is 1. The van der Waals surface area contributed by atoms with Crippen LogP contribution >= 0.6 is 0 Å². The Morgan fingerprint density at radius 3 is 3.08 bits per heavy atom. The van der Waals surface area contributed by atoms with E-state index in [-0.39, 0.29) is 11.9 Å². The summed E-state index contributed by atoms with van der Waals surface area (Å²) in [6.45, 7) is 3.19. The molecule has 0 aromatic rings. The molecule has 0 saturated carbocycles. The fraction of sp³-hybridized carbons (Fsp3) is 0.700. The van der Waals surface area contributed by atoms with Gasteiger partial charge >= 0.3 is 0 Å². The standard InChI is InChI=1S/C10H16N2O/c1-2-3-7-12-10(13)9-6-4-5-8-11-9/h9,11H,4-8H2,1H3,(H,12,13)/t9-/m0/s1.